The number of fused-ring (bicyclic) bond motifs is 1. The van der Waals surface area contributed by atoms with E-state index in [9.17, 15) is 9.90 Å². The fraction of sp³-hybridized carbons (Fsp3) is 0.160. The number of nitrogens with zero attached hydrogens (tertiary/aromatic N) is 3. The number of carboxylic acids is 1. The average Bonchev–Trinajstić information content (AvgIpc) is 3.36. The Kier molecular flexibility index (Phi) is 5.41. The van der Waals surface area contributed by atoms with E-state index in [1.54, 1.807) is 30.5 Å². The zero-order chi connectivity index (χ0) is 22.1. The number of hydrogen-bond donors (Lipinski definition) is 3. The lowest BCUT2D eigenvalue weighted by molar-refractivity contribution is 0.0698. The second-order valence-electron chi connectivity index (χ2n) is 7.83. The second-order valence-corrected chi connectivity index (χ2v) is 8.31. The Morgan fingerprint density at radius 2 is 1.75 bits per heavy atom. The lowest BCUT2D eigenvalue weighted by Crippen LogP contribution is -2.18. The van der Waals surface area contributed by atoms with E-state index in [0.29, 0.717) is 10.6 Å². The summed E-state index contributed by atoms with van der Waals surface area (Å²) in [4.78, 5) is 23.7. The first-order chi connectivity index (χ1) is 15.6. The molecular formula is C25H22N4O2S. The predicted molar refractivity (Wildman–Crippen MR) is 130 cm³/mol. The Labute approximate surface area is 191 Å². The number of thiol groups is 1. The summed E-state index contributed by atoms with van der Waals surface area (Å²) in [5, 5.41) is 13.7. The van der Waals surface area contributed by atoms with Crippen molar-refractivity contribution >= 4 is 46.7 Å². The third-order valence-electron chi connectivity index (χ3n) is 5.78. The van der Waals surface area contributed by atoms with Gasteiger partial charge in [0.1, 0.15) is 5.82 Å². The molecule has 0 unspecified atom stereocenters. The molecule has 1 saturated heterocycles. The largest absolute Gasteiger partial charge is 0.478 e. The zero-order valence-electron chi connectivity index (χ0n) is 17.3. The van der Waals surface area contributed by atoms with Crippen molar-refractivity contribution in [1.82, 2.24) is 9.97 Å². The summed E-state index contributed by atoms with van der Waals surface area (Å²) in [7, 11) is 0. The van der Waals surface area contributed by atoms with Gasteiger partial charge in [-0.3, -0.25) is 4.98 Å². The normalized spacial score (nSPS) is 13.5. The number of benzene rings is 2. The van der Waals surface area contributed by atoms with E-state index in [4.69, 9.17) is 0 Å². The number of carboxylic acid groups (broad SMARTS) is 1. The number of aromatic nitrogens is 2. The first-order valence-electron chi connectivity index (χ1n) is 10.5. The van der Waals surface area contributed by atoms with Gasteiger partial charge in [-0.15, -0.1) is 12.6 Å². The minimum absolute atomic E-state index is 0.197. The number of rotatable bonds is 5. The van der Waals surface area contributed by atoms with Gasteiger partial charge in [0.15, 0.2) is 0 Å². The molecule has 0 radical (unpaired) electrons. The fourth-order valence-electron chi connectivity index (χ4n) is 4.10. The molecule has 1 aliphatic heterocycles. The molecule has 0 aliphatic carbocycles. The van der Waals surface area contributed by atoms with E-state index in [1.807, 2.05) is 24.4 Å². The molecule has 2 aromatic heterocycles. The minimum Gasteiger partial charge on any atom is -0.478 e. The molecule has 7 heteroatoms. The van der Waals surface area contributed by atoms with E-state index in [2.05, 4.69) is 44.9 Å². The standard InChI is InChI=1S/C25H22N4O2S/c30-25(31)18-5-1-2-6-21(18)28-24-19-13-16(7-9-20(19)26-15-22(24)32)17-8-10-23(27-14-17)29-11-3-4-12-29/h1-2,5-10,13-15,32H,3-4,11-12H2,(H,26,28)(H,30,31). The summed E-state index contributed by atoms with van der Waals surface area (Å²) in [6.07, 6.45) is 6.00. The van der Waals surface area contributed by atoms with Crippen molar-refractivity contribution in [3.05, 3.63) is 72.6 Å². The monoisotopic (exact) mass is 442 g/mol. The first kappa shape index (κ1) is 20.3. The highest BCUT2D eigenvalue weighted by molar-refractivity contribution is 7.80. The van der Waals surface area contributed by atoms with Crippen LogP contribution in [0.25, 0.3) is 22.0 Å². The van der Waals surface area contributed by atoms with Gasteiger partial charge in [-0.05, 0) is 54.8 Å². The van der Waals surface area contributed by atoms with Crippen LogP contribution in [-0.4, -0.2) is 34.1 Å². The number of hydrogen-bond acceptors (Lipinski definition) is 6. The number of nitrogens with one attached hydrogen (secondary N) is 1. The average molecular weight is 443 g/mol. The van der Waals surface area contributed by atoms with Crippen LogP contribution in [-0.2, 0) is 0 Å². The van der Waals surface area contributed by atoms with Crippen LogP contribution in [0.2, 0.25) is 0 Å². The molecule has 0 amide bonds. The molecule has 2 N–H and O–H groups in total. The van der Waals surface area contributed by atoms with E-state index < -0.39 is 5.97 Å². The van der Waals surface area contributed by atoms with Crippen molar-refractivity contribution in [3.63, 3.8) is 0 Å². The van der Waals surface area contributed by atoms with Gasteiger partial charge in [0.2, 0.25) is 0 Å². The SMILES string of the molecule is O=C(O)c1ccccc1Nc1c(S)cnc2ccc(-c3ccc(N4CCCC4)nc3)cc12. The van der Waals surface area contributed by atoms with Gasteiger partial charge in [0.25, 0.3) is 0 Å². The quantitative estimate of drug-likeness (QED) is 0.348. The Balaban J connectivity index is 1.54. The summed E-state index contributed by atoms with van der Waals surface area (Å²) in [6, 6.07) is 17.0. The molecule has 0 bridgehead atoms. The lowest BCUT2D eigenvalue weighted by Gasteiger charge is -2.17. The molecule has 6 nitrogen and oxygen atoms in total. The Morgan fingerprint density at radius 3 is 2.50 bits per heavy atom. The number of aromatic carboxylic acids is 1. The fourth-order valence-corrected chi connectivity index (χ4v) is 4.33. The number of para-hydroxylation sites is 1. The van der Waals surface area contributed by atoms with Crippen molar-refractivity contribution in [2.24, 2.45) is 0 Å². The van der Waals surface area contributed by atoms with Crippen LogP contribution in [0.3, 0.4) is 0 Å². The Morgan fingerprint density at radius 1 is 0.969 bits per heavy atom. The van der Waals surface area contributed by atoms with Crippen LogP contribution in [0.4, 0.5) is 17.2 Å². The zero-order valence-corrected chi connectivity index (χ0v) is 18.2. The van der Waals surface area contributed by atoms with Gasteiger partial charge < -0.3 is 15.3 Å². The second kappa shape index (κ2) is 8.51. The molecule has 0 spiro atoms. The third kappa shape index (κ3) is 3.87. The van der Waals surface area contributed by atoms with Crippen LogP contribution in [0.5, 0.6) is 0 Å². The summed E-state index contributed by atoms with van der Waals surface area (Å²) < 4.78 is 0. The van der Waals surface area contributed by atoms with Gasteiger partial charge in [0.05, 0.1) is 22.5 Å². The molecule has 3 heterocycles. The maximum atomic E-state index is 11.6. The first-order valence-corrected chi connectivity index (χ1v) is 11.0. The van der Waals surface area contributed by atoms with Crippen molar-refractivity contribution in [2.45, 2.75) is 17.7 Å². The molecule has 32 heavy (non-hydrogen) atoms. The van der Waals surface area contributed by atoms with E-state index in [-0.39, 0.29) is 5.56 Å². The number of carbonyl (C=O) groups is 1. The molecule has 160 valence electrons. The Hall–Kier alpha value is -3.58. The predicted octanol–water partition coefficient (Wildman–Crippen LogP) is 5.63. The summed E-state index contributed by atoms with van der Waals surface area (Å²) >= 11 is 4.58. The Bertz CT molecular complexity index is 1300. The molecule has 1 fully saturated rings. The van der Waals surface area contributed by atoms with E-state index in [0.717, 1.165) is 46.6 Å². The van der Waals surface area contributed by atoms with Gasteiger partial charge in [-0.2, -0.15) is 0 Å². The van der Waals surface area contributed by atoms with Gasteiger partial charge in [-0.25, -0.2) is 9.78 Å². The highest BCUT2D eigenvalue weighted by Crippen LogP contribution is 2.35. The molecule has 4 aromatic rings. The van der Waals surface area contributed by atoms with Crippen molar-refractivity contribution in [1.29, 1.82) is 0 Å². The molecule has 0 atom stereocenters. The van der Waals surface area contributed by atoms with Crippen molar-refractivity contribution in [2.75, 3.05) is 23.3 Å². The number of anilines is 3. The number of pyridine rings is 2. The highest BCUT2D eigenvalue weighted by atomic mass is 32.1. The van der Waals surface area contributed by atoms with E-state index in [1.165, 1.54) is 12.8 Å². The van der Waals surface area contributed by atoms with Crippen LogP contribution in [0.15, 0.2) is 71.9 Å². The summed E-state index contributed by atoms with van der Waals surface area (Å²) in [5.41, 5.74) is 4.23. The van der Waals surface area contributed by atoms with Crippen LogP contribution in [0, 0.1) is 0 Å². The van der Waals surface area contributed by atoms with Crippen molar-refractivity contribution < 1.29 is 9.90 Å². The van der Waals surface area contributed by atoms with Gasteiger partial charge >= 0.3 is 5.97 Å². The van der Waals surface area contributed by atoms with Gasteiger partial charge in [0, 0.05) is 41.3 Å². The van der Waals surface area contributed by atoms with Crippen LogP contribution >= 0.6 is 12.6 Å². The molecule has 1 aliphatic rings. The highest BCUT2D eigenvalue weighted by Gasteiger charge is 2.15. The van der Waals surface area contributed by atoms with E-state index >= 15 is 0 Å². The van der Waals surface area contributed by atoms with Gasteiger partial charge in [-0.1, -0.05) is 18.2 Å². The topological polar surface area (TPSA) is 78.3 Å². The lowest BCUT2D eigenvalue weighted by atomic mass is 10.0. The molecule has 0 saturated carbocycles. The van der Waals surface area contributed by atoms with Crippen LogP contribution in [0.1, 0.15) is 23.2 Å². The molecule has 2 aromatic carbocycles. The minimum atomic E-state index is -0.989. The smallest absolute Gasteiger partial charge is 0.337 e. The maximum absolute atomic E-state index is 11.6. The van der Waals surface area contributed by atoms with Crippen LogP contribution < -0.4 is 10.2 Å². The van der Waals surface area contributed by atoms with Crippen molar-refractivity contribution in [3.8, 4) is 11.1 Å². The summed E-state index contributed by atoms with van der Waals surface area (Å²) in [5.74, 6) is 0.0241. The summed E-state index contributed by atoms with van der Waals surface area (Å²) in [6.45, 7) is 2.12. The maximum Gasteiger partial charge on any atom is 0.337 e. The molecular weight excluding hydrogens is 420 g/mol. The third-order valence-corrected chi connectivity index (χ3v) is 6.12. The molecule has 5 rings (SSSR count).